The van der Waals surface area contributed by atoms with E-state index in [1.54, 1.807) is 7.11 Å². The lowest BCUT2D eigenvalue weighted by Crippen LogP contribution is -2.45. The third-order valence-electron chi connectivity index (χ3n) is 4.09. The Morgan fingerprint density at radius 3 is 2.85 bits per heavy atom. The molecule has 0 unspecified atom stereocenters. The Hall–Kier alpha value is -1.39. The maximum atomic E-state index is 11.7. The molecule has 4 heteroatoms. The van der Waals surface area contributed by atoms with Crippen molar-refractivity contribution in [3.05, 3.63) is 29.8 Å². The van der Waals surface area contributed by atoms with Crippen LogP contribution in [0.4, 0.5) is 0 Å². The molecule has 0 aliphatic heterocycles. The molecule has 20 heavy (non-hydrogen) atoms. The van der Waals surface area contributed by atoms with Crippen molar-refractivity contribution in [3.63, 3.8) is 0 Å². The van der Waals surface area contributed by atoms with Gasteiger partial charge in [-0.15, -0.1) is 0 Å². The predicted molar refractivity (Wildman–Crippen MR) is 77.8 cm³/mol. The molecule has 2 rings (SSSR count). The van der Waals surface area contributed by atoms with E-state index in [9.17, 15) is 9.90 Å². The highest BCUT2D eigenvalue weighted by molar-refractivity contribution is 5.80. The van der Waals surface area contributed by atoms with Crippen molar-refractivity contribution >= 4 is 5.78 Å². The van der Waals surface area contributed by atoms with Gasteiger partial charge >= 0.3 is 0 Å². The zero-order valence-electron chi connectivity index (χ0n) is 12.4. The summed E-state index contributed by atoms with van der Waals surface area (Å²) in [4.78, 5) is 13.8. The molecule has 1 saturated carbocycles. The molecule has 4 nitrogen and oxygen atoms in total. The monoisotopic (exact) mass is 277 g/mol. The number of rotatable bonds is 4. The normalized spacial score (nSPS) is 26.9. The lowest BCUT2D eigenvalue weighted by Gasteiger charge is -2.41. The third kappa shape index (κ3) is 3.02. The van der Waals surface area contributed by atoms with Crippen LogP contribution >= 0.6 is 0 Å². The highest BCUT2D eigenvalue weighted by atomic mass is 16.5. The molecule has 1 aromatic carbocycles. The molecular weight excluding hydrogens is 254 g/mol. The average molecular weight is 277 g/mol. The molecule has 1 N–H and O–H groups in total. The number of benzene rings is 1. The van der Waals surface area contributed by atoms with E-state index >= 15 is 0 Å². The van der Waals surface area contributed by atoms with Gasteiger partial charge in [-0.2, -0.15) is 0 Å². The number of aliphatic hydroxyl groups is 1. The van der Waals surface area contributed by atoms with Crippen molar-refractivity contribution in [2.45, 2.75) is 24.9 Å². The van der Waals surface area contributed by atoms with E-state index in [1.165, 1.54) is 0 Å². The number of carbonyl (C=O) groups is 1. The Labute approximate surface area is 120 Å². The van der Waals surface area contributed by atoms with Crippen molar-refractivity contribution in [2.24, 2.45) is 5.92 Å². The molecule has 1 aliphatic carbocycles. The van der Waals surface area contributed by atoms with Crippen LogP contribution in [0.3, 0.4) is 0 Å². The van der Waals surface area contributed by atoms with Crippen molar-refractivity contribution < 1.29 is 14.6 Å². The number of Topliss-reactive ketones (excluding diaryl/α,β-unsaturated/α-hetero) is 1. The average Bonchev–Trinajstić information content (AvgIpc) is 2.42. The number of methoxy groups -OCH3 is 1. The zero-order valence-corrected chi connectivity index (χ0v) is 12.4. The van der Waals surface area contributed by atoms with Crippen LogP contribution in [0.5, 0.6) is 5.75 Å². The van der Waals surface area contributed by atoms with Gasteiger partial charge in [-0.1, -0.05) is 12.1 Å². The SMILES string of the molecule is COc1cccc([C@]2(O)CCC(=O)C[C@@H]2CN(C)C)c1. The molecule has 0 spiro atoms. The summed E-state index contributed by atoms with van der Waals surface area (Å²) in [6.45, 7) is 0.694. The van der Waals surface area contributed by atoms with E-state index in [4.69, 9.17) is 4.74 Å². The first-order valence-electron chi connectivity index (χ1n) is 6.99. The minimum atomic E-state index is -0.952. The Morgan fingerprint density at radius 1 is 1.45 bits per heavy atom. The van der Waals surface area contributed by atoms with Crippen molar-refractivity contribution in [2.75, 3.05) is 27.7 Å². The van der Waals surface area contributed by atoms with Gasteiger partial charge in [-0.25, -0.2) is 0 Å². The lowest BCUT2D eigenvalue weighted by molar-refractivity contribution is -0.133. The molecular formula is C16H23NO3. The van der Waals surface area contributed by atoms with Crippen LogP contribution in [-0.2, 0) is 10.4 Å². The summed E-state index contributed by atoms with van der Waals surface area (Å²) in [6, 6.07) is 7.54. The van der Waals surface area contributed by atoms with E-state index in [0.29, 0.717) is 25.8 Å². The molecule has 1 aromatic rings. The molecule has 2 atom stereocenters. The van der Waals surface area contributed by atoms with E-state index in [2.05, 4.69) is 0 Å². The summed E-state index contributed by atoms with van der Waals surface area (Å²) in [7, 11) is 5.54. The van der Waals surface area contributed by atoms with Crippen LogP contribution in [0.1, 0.15) is 24.8 Å². The van der Waals surface area contributed by atoms with Crippen molar-refractivity contribution in [1.29, 1.82) is 0 Å². The summed E-state index contributed by atoms with van der Waals surface area (Å²) in [6.07, 6.45) is 1.36. The van der Waals surface area contributed by atoms with Crippen LogP contribution in [0, 0.1) is 5.92 Å². The first kappa shape index (κ1) is 15.0. The second-order valence-electron chi connectivity index (χ2n) is 5.86. The third-order valence-corrected chi connectivity index (χ3v) is 4.09. The van der Waals surface area contributed by atoms with Gasteiger partial charge in [0.15, 0.2) is 0 Å². The molecule has 0 amide bonds. The fourth-order valence-corrected chi connectivity index (χ4v) is 3.01. The molecule has 110 valence electrons. The van der Waals surface area contributed by atoms with Crippen LogP contribution in [0.2, 0.25) is 0 Å². The van der Waals surface area contributed by atoms with E-state index in [1.807, 2.05) is 43.3 Å². The predicted octanol–water partition coefficient (Wildman–Crippen LogP) is 1.81. The first-order chi connectivity index (χ1) is 9.45. The number of nitrogens with zero attached hydrogens (tertiary/aromatic N) is 1. The van der Waals surface area contributed by atoms with Gasteiger partial charge in [-0.3, -0.25) is 4.79 Å². The van der Waals surface area contributed by atoms with Crippen LogP contribution < -0.4 is 4.74 Å². The van der Waals surface area contributed by atoms with Gasteiger partial charge in [0, 0.05) is 25.3 Å². The Bertz CT molecular complexity index is 486. The number of hydrogen-bond donors (Lipinski definition) is 1. The summed E-state index contributed by atoms with van der Waals surface area (Å²) >= 11 is 0. The van der Waals surface area contributed by atoms with Gasteiger partial charge in [-0.05, 0) is 38.2 Å². The number of carbonyl (C=O) groups excluding carboxylic acids is 1. The number of hydrogen-bond acceptors (Lipinski definition) is 4. The summed E-state index contributed by atoms with van der Waals surface area (Å²) in [5, 5.41) is 11.2. The summed E-state index contributed by atoms with van der Waals surface area (Å²) < 4.78 is 5.24. The van der Waals surface area contributed by atoms with Gasteiger partial charge in [0.2, 0.25) is 0 Å². The Balaban J connectivity index is 2.34. The summed E-state index contributed by atoms with van der Waals surface area (Å²) in [5.41, 5.74) is -0.108. The number of ketones is 1. The van der Waals surface area contributed by atoms with Crippen LogP contribution in [-0.4, -0.2) is 43.5 Å². The van der Waals surface area contributed by atoms with Gasteiger partial charge < -0.3 is 14.7 Å². The van der Waals surface area contributed by atoms with Crippen LogP contribution in [0.15, 0.2) is 24.3 Å². The topological polar surface area (TPSA) is 49.8 Å². The fourth-order valence-electron chi connectivity index (χ4n) is 3.01. The van der Waals surface area contributed by atoms with E-state index in [0.717, 1.165) is 11.3 Å². The van der Waals surface area contributed by atoms with Crippen LogP contribution in [0.25, 0.3) is 0 Å². The van der Waals surface area contributed by atoms with Crippen molar-refractivity contribution in [1.82, 2.24) is 4.90 Å². The maximum Gasteiger partial charge on any atom is 0.133 e. The quantitative estimate of drug-likeness (QED) is 0.912. The smallest absolute Gasteiger partial charge is 0.133 e. The molecule has 1 fully saturated rings. The largest absolute Gasteiger partial charge is 0.497 e. The summed E-state index contributed by atoms with van der Waals surface area (Å²) in [5.74, 6) is 0.895. The van der Waals surface area contributed by atoms with Gasteiger partial charge in [0.1, 0.15) is 11.5 Å². The fraction of sp³-hybridized carbons (Fsp3) is 0.562. The van der Waals surface area contributed by atoms with Gasteiger partial charge in [0.25, 0.3) is 0 Å². The van der Waals surface area contributed by atoms with E-state index in [-0.39, 0.29) is 11.7 Å². The highest BCUT2D eigenvalue weighted by Gasteiger charge is 2.43. The Kier molecular flexibility index (Phi) is 4.45. The van der Waals surface area contributed by atoms with Gasteiger partial charge in [0.05, 0.1) is 12.7 Å². The molecule has 0 radical (unpaired) electrons. The maximum absolute atomic E-state index is 11.7. The van der Waals surface area contributed by atoms with Crippen molar-refractivity contribution in [3.8, 4) is 5.75 Å². The Morgan fingerprint density at radius 2 is 2.20 bits per heavy atom. The standard InChI is InChI=1S/C16H23NO3/c1-17(2)11-13-9-14(18)7-8-16(13,19)12-5-4-6-15(10-12)20-3/h4-6,10,13,19H,7-9,11H2,1-3H3/t13-,16-/m1/s1. The first-order valence-corrected chi connectivity index (χ1v) is 6.99. The minimum Gasteiger partial charge on any atom is -0.497 e. The second-order valence-corrected chi connectivity index (χ2v) is 5.86. The highest BCUT2D eigenvalue weighted by Crippen LogP contribution is 2.41. The number of ether oxygens (including phenoxy) is 1. The molecule has 0 heterocycles. The molecule has 0 bridgehead atoms. The minimum absolute atomic E-state index is 0.0779. The zero-order chi connectivity index (χ0) is 14.8. The molecule has 0 aromatic heterocycles. The van der Waals surface area contributed by atoms with E-state index < -0.39 is 5.60 Å². The second kappa shape index (κ2) is 5.94. The lowest BCUT2D eigenvalue weighted by atomic mass is 9.71. The molecule has 0 saturated heterocycles. The molecule has 1 aliphatic rings.